The number of rotatable bonds is 8. The average Bonchev–Trinajstić information content (AvgIpc) is 3.31. The monoisotopic (exact) mass is 478 g/mol. The molecular weight excluding hydrogens is 452 g/mol. The molecule has 1 aliphatic heterocycles. The van der Waals surface area contributed by atoms with Crippen molar-refractivity contribution < 1.29 is 38.5 Å². The summed E-state index contributed by atoms with van der Waals surface area (Å²) in [5, 5.41) is 15.3. The van der Waals surface area contributed by atoms with Gasteiger partial charge in [0.25, 0.3) is 5.91 Å². The number of anilines is 1. The van der Waals surface area contributed by atoms with Crippen LogP contribution in [-0.4, -0.2) is 81.4 Å². The van der Waals surface area contributed by atoms with Crippen LogP contribution >= 0.6 is 0 Å². The standard InChI is InChI=1S/C20H26N6O8/c1-8(22-4)19(31)25-17-13-11(16(21)30)5-26(18(13)24-7-23-17)20-15(33-10(3)29)14(32-9(2)28)12(6-27)34-20/h5,7-8,12,14-15,20,22,27H,6H2,1-4H3,(H2,21,30)(H,23,24,25,31)/t8?,12-,14?,15+,20-/m1/s1. The quantitative estimate of drug-likeness (QED) is 0.334. The lowest BCUT2D eigenvalue weighted by atomic mass is 10.1. The molecule has 0 radical (unpaired) electrons. The summed E-state index contributed by atoms with van der Waals surface area (Å²) in [6.45, 7) is 3.41. The molecule has 0 aliphatic carbocycles. The van der Waals surface area contributed by atoms with Gasteiger partial charge in [-0.15, -0.1) is 0 Å². The van der Waals surface area contributed by atoms with Gasteiger partial charge in [-0.3, -0.25) is 19.2 Å². The molecule has 34 heavy (non-hydrogen) atoms. The lowest BCUT2D eigenvalue weighted by Crippen LogP contribution is -2.40. The Bertz CT molecular complexity index is 1120. The maximum Gasteiger partial charge on any atom is 0.303 e. The summed E-state index contributed by atoms with van der Waals surface area (Å²) >= 11 is 0. The Morgan fingerprint density at radius 1 is 1.21 bits per heavy atom. The summed E-state index contributed by atoms with van der Waals surface area (Å²) in [5.41, 5.74) is 5.66. The topological polar surface area (TPSA) is 197 Å². The highest BCUT2D eigenvalue weighted by atomic mass is 16.6. The predicted molar refractivity (Wildman–Crippen MR) is 115 cm³/mol. The number of hydrogen-bond acceptors (Lipinski definition) is 11. The van der Waals surface area contributed by atoms with Gasteiger partial charge in [0, 0.05) is 20.0 Å². The minimum Gasteiger partial charge on any atom is -0.456 e. The van der Waals surface area contributed by atoms with E-state index >= 15 is 0 Å². The number of nitrogens with one attached hydrogen (secondary N) is 2. The number of likely N-dealkylation sites (N-methyl/N-ethyl adjacent to an activating group) is 1. The van der Waals surface area contributed by atoms with Gasteiger partial charge in [-0.25, -0.2) is 9.97 Å². The fourth-order valence-corrected chi connectivity index (χ4v) is 3.65. The highest BCUT2D eigenvalue weighted by molar-refractivity contribution is 6.11. The van der Waals surface area contributed by atoms with Gasteiger partial charge in [-0.1, -0.05) is 0 Å². The number of carbonyl (C=O) groups excluding carboxylic acids is 4. The molecule has 5 N–H and O–H groups in total. The molecule has 0 aromatic carbocycles. The van der Waals surface area contributed by atoms with E-state index in [4.69, 9.17) is 19.9 Å². The Labute approximate surface area is 193 Å². The number of ether oxygens (including phenoxy) is 3. The van der Waals surface area contributed by atoms with Crippen molar-refractivity contribution in [3.8, 4) is 0 Å². The Morgan fingerprint density at radius 2 is 1.85 bits per heavy atom. The molecule has 2 aromatic heterocycles. The first-order valence-electron chi connectivity index (χ1n) is 10.3. The van der Waals surface area contributed by atoms with E-state index in [0.717, 1.165) is 20.2 Å². The molecule has 184 valence electrons. The van der Waals surface area contributed by atoms with E-state index in [1.807, 2.05) is 0 Å². The number of aliphatic hydroxyl groups is 1. The molecule has 0 spiro atoms. The van der Waals surface area contributed by atoms with Crippen LogP contribution in [0.15, 0.2) is 12.5 Å². The van der Waals surface area contributed by atoms with Crippen LogP contribution < -0.4 is 16.4 Å². The van der Waals surface area contributed by atoms with Crippen LogP contribution in [0.5, 0.6) is 0 Å². The van der Waals surface area contributed by atoms with Gasteiger partial charge in [0.05, 0.1) is 23.6 Å². The normalized spacial score (nSPS) is 22.9. The molecule has 0 bridgehead atoms. The minimum atomic E-state index is -1.19. The molecule has 2 amide bonds. The first kappa shape index (κ1) is 25.0. The van der Waals surface area contributed by atoms with Crippen LogP contribution in [0.3, 0.4) is 0 Å². The van der Waals surface area contributed by atoms with Gasteiger partial charge < -0.3 is 40.3 Å². The molecule has 0 saturated carbocycles. The van der Waals surface area contributed by atoms with Crippen LogP contribution in [0.2, 0.25) is 0 Å². The third kappa shape index (κ3) is 4.83. The van der Waals surface area contributed by atoms with Gasteiger partial charge in [0.1, 0.15) is 23.9 Å². The van der Waals surface area contributed by atoms with Gasteiger partial charge in [-0.2, -0.15) is 0 Å². The van der Waals surface area contributed by atoms with E-state index in [9.17, 15) is 24.3 Å². The number of esters is 2. The Hall–Kier alpha value is -3.62. The van der Waals surface area contributed by atoms with Crippen LogP contribution in [0.1, 0.15) is 37.4 Å². The van der Waals surface area contributed by atoms with E-state index < -0.39 is 60.9 Å². The van der Waals surface area contributed by atoms with Gasteiger partial charge in [0.15, 0.2) is 18.4 Å². The van der Waals surface area contributed by atoms with Crippen LogP contribution in [0, 0.1) is 0 Å². The van der Waals surface area contributed by atoms with Crippen molar-refractivity contribution in [2.75, 3.05) is 19.0 Å². The van der Waals surface area contributed by atoms with Crippen molar-refractivity contribution in [2.45, 2.75) is 51.4 Å². The second-order valence-electron chi connectivity index (χ2n) is 7.63. The zero-order chi connectivity index (χ0) is 25.2. The minimum absolute atomic E-state index is 0.0296. The summed E-state index contributed by atoms with van der Waals surface area (Å²) in [6.07, 6.45) is -2.05. The zero-order valence-electron chi connectivity index (χ0n) is 19.0. The second-order valence-corrected chi connectivity index (χ2v) is 7.63. The number of carbonyl (C=O) groups is 4. The summed E-state index contributed by atoms with van der Waals surface area (Å²) in [4.78, 5) is 56.4. The third-order valence-corrected chi connectivity index (χ3v) is 5.29. The number of primary amides is 1. The maximum atomic E-state index is 12.4. The number of nitrogens with zero attached hydrogens (tertiary/aromatic N) is 3. The average molecular weight is 478 g/mol. The van der Waals surface area contributed by atoms with Crippen LogP contribution in [0.25, 0.3) is 11.0 Å². The fraction of sp³-hybridized carbons (Fsp3) is 0.500. The Morgan fingerprint density at radius 3 is 2.41 bits per heavy atom. The molecule has 2 unspecified atom stereocenters. The Balaban J connectivity index is 2.15. The Kier molecular flexibility index (Phi) is 7.44. The van der Waals surface area contributed by atoms with Crippen LogP contribution in [-0.2, 0) is 28.6 Å². The van der Waals surface area contributed by atoms with E-state index in [2.05, 4.69) is 20.6 Å². The van der Waals surface area contributed by atoms with E-state index in [0.29, 0.717) is 0 Å². The van der Waals surface area contributed by atoms with Gasteiger partial charge >= 0.3 is 11.9 Å². The molecule has 1 aliphatic rings. The van der Waals surface area contributed by atoms with Crippen molar-refractivity contribution >= 4 is 40.6 Å². The molecule has 3 heterocycles. The molecule has 14 nitrogen and oxygen atoms in total. The van der Waals surface area contributed by atoms with E-state index in [1.165, 1.54) is 10.8 Å². The summed E-state index contributed by atoms with van der Waals surface area (Å²) in [6, 6.07) is -0.564. The van der Waals surface area contributed by atoms with E-state index in [-0.39, 0.29) is 22.4 Å². The smallest absolute Gasteiger partial charge is 0.303 e. The van der Waals surface area contributed by atoms with Crippen molar-refractivity contribution in [2.24, 2.45) is 5.73 Å². The number of aromatic nitrogens is 3. The number of fused-ring (bicyclic) bond motifs is 1. The summed E-state index contributed by atoms with van der Waals surface area (Å²) in [5.74, 6) is -2.60. The first-order chi connectivity index (χ1) is 16.1. The SMILES string of the molecule is CNC(C)C(=O)Nc1ncnc2c1c(C(N)=O)cn2[C@@H]1O[C@H](CO)C(OC(C)=O)[C@@H]1OC(C)=O. The second kappa shape index (κ2) is 10.1. The van der Waals surface area contributed by atoms with Crippen LogP contribution in [0.4, 0.5) is 5.82 Å². The number of aliphatic hydroxyl groups excluding tert-OH is 1. The zero-order valence-corrected chi connectivity index (χ0v) is 19.0. The fourth-order valence-electron chi connectivity index (χ4n) is 3.65. The number of hydrogen-bond donors (Lipinski definition) is 4. The first-order valence-corrected chi connectivity index (χ1v) is 10.3. The van der Waals surface area contributed by atoms with Crippen molar-refractivity contribution in [1.82, 2.24) is 19.9 Å². The highest BCUT2D eigenvalue weighted by Crippen LogP contribution is 2.38. The molecule has 1 saturated heterocycles. The van der Waals surface area contributed by atoms with Crippen molar-refractivity contribution in [1.29, 1.82) is 0 Å². The van der Waals surface area contributed by atoms with Crippen molar-refractivity contribution in [3.05, 3.63) is 18.1 Å². The lowest BCUT2D eigenvalue weighted by Gasteiger charge is -2.23. The number of amides is 2. The molecule has 2 aromatic rings. The molecular formula is C20H26N6O8. The predicted octanol–water partition coefficient (Wildman–Crippen LogP) is -1.17. The molecule has 14 heteroatoms. The van der Waals surface area contributed by atoms with Gasteiger partial charge in [-0.05, 0) is 14.0 Å². The number of nitrogens with two attached hydrogens (primary N) is 1. The van der Waals surface area contributed by atoms with Gasteiger partial charge in [0.2, 0.25) is 5.91 Å². The molecule has 3 rings (SSSR count). The van der Waals surface area contributed by atoms with E-state index in [1.54, 1.807) is 14.0 Å². The van der Waals surface area contributed by atoms with Crippen molar-refractivity contribution in [3.63, 3.8) is 0 Å². The maximum absolute atomic E-state index is 12.4. The third-order valence-electron chi connectivity index (χ3n) is 5.29. The molecule has 5 atom stereocenters. The lowest BCUT2D eigenvalue weighted by molar-refractivity contribution is -0.165. The summed E-state index contributed by atoms with van der Waals surface area (Å²) in [7, 11) is 1.61. The highest BCUT2D eigenvalue weighted by Gasteiger charge is 2.50. The molecule has 1 fully saturated rings. The summed E-state index contributed by atoms with van der Waals surface area (Å²) < 4.78 is 17.8. The largest absolute Gasteiger partial charge is 0.456 e.